The molecule has 1 aliphatic rings. The van der Waals surface area contributed by atoms with Gasteiger partial charge in [0.1, 0.15) is 12.4 Å². The fourth-order valence-electron chi connectivity index (χ4n) is 3.04. The van der Waals surface area contributed by atoms with E-state index in [2.05, 4.69) is 22.2 Å². The molecule has 1 aliphatic heterocycles. The van der Waals surface area contributed by atoms with Gasteiger partial charge in [-0.15, -0.1) is 0 Å². The highest BCUT2D eigenvalue weighted by Crippen LogP contribution is 2.14. The van der Waals surface area contributed by atoms with Gasteiger partial charge in [-0.2, -0.15) is 0 Å². The molecule has 0 saturated carbocycles. The molecule has 3 rings (SSSR count). The Morgan fingerprint density at radius 3 is 2.46 bits per heavy atom. The van der Waals surface area contributed by atoms with Gasteiger partial charge in [-0.05, 0) is 25.2 Å². The summed E-state index contributed by atoms with van der Waals surface area (Å²) in [5, 5.41) is 3.05. The molecule has 1 fully saturated rings. The summed E-state index contributed by atoms with van der Waals surface area (Å²) in [5.74, 6) is 0.768. The summed E-state index contributed by atoms with van der Waals surface area (Å²) in [5.41, 5.74) is 1.58. The maximum Gasteiger partial charge on any atom is 0.251 e. The second kappa shape index (κ2) is 9.36. The summed E-state index contributed by atoms with van der Waals surface area (Å²) in [6.07, 6.45) is 0. The standard InChI is InChI=1S/C21H27N3O2/c1-23-13-15-24(16-14-23)12-11-22-21(25)20-10-6-5-7-18(20)17-26-19-8-3-2-4-9-19/h2-10H,11-17H2,1H3,(H,22,25). The van der Waals surface area contributed by atoms with Crippen molar-refractivity contribution in [1.29, 1.82) is 0 Å². The van der Waals surface area contributed by atoms with E-state index in [0.717, 1.165) is 44.0 Å². The van der Waals surface area contributed by atoms with Crippen LogP contribution in [0, 0.1) is 0 Å². The molecule has 1 heterocycles. The van der Waals surface area contributed by atoms with E-state index in [1.807, 2.05) is 54.6 Å². The highest BCUT2D eigenvalue weighted by molar-refractivity contribution is 5.95. The quantitative estimate of drug-likeness (QED) is 0.829. The summed E-state index contributed by atoms with van der Waals surface area (Å²) in [7, 11) is 2.15. The lowest BCUT2D eigenvalue weighted by Gasteiger charge is -2.32. The van der Waals surface area contributed by atoms with Crippen LogP contribution >= 0.6 is 0 Å². The van der Waals surface area contributed by atoms with Gasteiger partial charge in [0.15, 0.2) is 0 Å². The summed E-state index contributed by atoms with van der Waals surface area (Å²) >= 11 is 0. The topological polar surface area (TPSA) is 44.8 Å². The van der Waals surface area contributed by atoms with Crippen LogP contribution in [0.25, 0.3) is 0 Å². The van der Waals surface area contributed by atoms with E-state index in [9.17, 15) is 4.79 Å². The van der Waals surface area contributed by atoms with E-state index >= 15 is 0 Å². The van der Waals surface area contributed by atoms with Crippen molar-refractivity contribution in [1.82, 2.24) is 15.1 Å². The number of piperazine rings is 1. The lowest BCUT2D eigenvalue weighted by atomic mass is 10.1. The van der Waals surface area contributed by atoms with Crippen LogP contribution in [-0.4, -0.2) is 62.0 Å². The predicted octanol–water partition coefficient (Wildman–Crippen LogP) is 2.24. The Balaban J connectivity index is 1.50. The molecule has 26 heavy (non-hydrogen) atoms. The monoisotopic (exact) mass is 353 g/mol. The third kappa shape index (κ3) is 5.31. The van der Waals surface area contributed by atoms with Crippen molar-refractivity contribution in [3.8, 4) is 5.75 Å². The van der Waals surface area contributed by atoms with Crippen LogP contribution in [0.1, 0.15) is 15.9 Å². The number of carbonyl (C=O) groups excluding carboxylic acids is 1. The Hall–Kier alpha value is -2.37. The van der Waals surface area contributed by atoms with Crippen molar-refractivity contribution in [3.05, 3.63) is 65.7 Å². The average Bonchev–Trinajstić information content (AvgIpc) is 2.69. The van der Waals surface area contributed by atoms with Crippen LogP contribution in [0.2, 0.25) is 0 Å². The van der Waals surface area contributed by atoms with Gasteiger partial charge in [0.05, 0.1) is 0 Å². The second-order valence-electron chi connectivity index (χ2n) is 6.66. The van der Waals surface area contributed by atoms with Gasteiger partial charge < -0.3 is 15.0 Å². The first-order chi connectivity index (χ1) is 12.7. The first-order valence-electron chi connectivity index (χ1n) is 9.17. The molecule has 0 unspecified atom stereocenters. The van der Waals surface area contributed by atoms with Crippen molar-refractivity contribution in [2.75, 3.05) is 46.3 Å². The first kappa shape index (κ1) is 18.4. The van der Waals surface area contributed by atoms with Crippen LogP contribution in [0.4, 0.5) is 0 Å². The molecule has 1 N–H and O–H groups in total. The van der Waals surface area contributed by atoms with Crippen molar-refractivity contribution < 1.29 is 9.53 Å². The number of nitrogens with zero attached hydrogens (tertiary/aromatic N) is 2. The SMILES string of the molecule is CN1CCN(CCNC(=O)c2ccccc2COc2ccccc2)CC1. The smallest absolute Gasteiger partial charge is 0.251 e. The maximum atomic E-state index is 12.6. The van der Waals surface area contributed by atoms with Crippen LogP contribution < -0.4 is 10.1 Å². The third-order valence-electron chi connectivity index (χ3n) is 4.71. The number of hydrogen-bond acceptors (Lipinski definition) is 4. The molecule has 0 spiro atoms. The van der Waals surface area contributed by atoms with Crippen LogP contribution in [0.5, 0.6) is 5.75 Å². The summed E-state index contributed by atoms with van der Waals surface area (Å²) in [6.45, 7) is 6.24. The van der Waals surface area contributed by atoms with Crippen LogP contribution in [-0.2, 0) is 6.61 Å². The molecule has 0 aromatic heterocycles. The number of hydrogen-bond donors (Lipinski definition) is 1. The maximum absolute atomic E-state index is 12.6. The minimum atomic E-state index is -0.0358. The number of benzene rings is 2. The van der Waals surface area contributed by atoms with Gasteiger partial charge in [0.25, 0.3) is 5.91 Å². The van der Waals surface area contributed by atoms with E-state index < -0.39 is 0 Å². The number of nitrogens with one attached hydrogen (secondary N) is 1. The van der Waals surface area contributed by atoms with Gasteiger partial charge in [0, 0.05) is 50.4 Å². The second-order valence-corrected chi connectivity index (χ2v) is 6.66. The van der Waals surface area contributed by atoms with E-state index in [1.54, 1.807) is 0 Å². The Labute approximate surface area is 155 Å². The number of likely N-dealkylation sites (N-methyl/N-ethyl adjacent to an activating group) is 1. The summed E-state index contributed by atoms with van der Waals surface area (Å²) < 4.78 is 5.80. The molecule has 0 atom stereocenters. The molecule has 5 nitrogen and oxygen atoms in total. The van der Waals surface area contributed by atoms with E-state index in [-0.39, 0.29) is 5.91 Å². The Morgan fingerprint density at radius 2 is 1.69 bits per heavy atom. The Morgan fingerprint density at radius 1 is 1.00 bits per heavy atom. The zero-order valence-electron chi connectivity index (χ0n) is 15.4. The molecule has 1 amide bonds. The lowest BCUT2D eigenvalue weighted by Crippen LogP contribution is -2.46. The van der Waals surface area contributed by atoms with E-state index in [1.165, 1.54) is 0 Å². The predicted molar refractivity (Wildman–Crippen MR) is 103 cm³/mol. The van der Waals surface area contributed by atoms with Gasteiger partial charge in [-0.25, -0.2) is 0 Å². The molecular formula is C21H27N3O2. The summed E-state index contributed by atoms with van der Waals surface area (Å²) in [4.78, 5) is 17.3. The minimum Gasteiger partial charge on any atom is -0.489 e. The zero-order chi connectivity index (χ0) is 18.2. The van der Waals surface area contributed by atoms with Crippen LogP contribution in [0.15, 0.2) is 54.6 Å². The van der Waals surface area contributed by atoms with Crippen LogP contribution in [0.3, 0.4) is 0 Å². The molecule has 2 aromatic carbocycles. The van der Waals surface area contributed by atoms with Crippen molar-refractivity contribution in [2.24, 2.45) is 0 Å². The molecule has 0 bridgehead atoms. The zero-order valence-corrected chi connectivity index (χ0v) is 15.4. The molecule has 1 saturated heterocycles. The van der Waals surface area contributed by atoms with Crippen molar-refractivity contribution in [2.45, 2.75) is 6.61 Å². The lowest BCUT2D eigenvalue weighted by molar-refractivity contribution is 0.0938. The molecule has 5 heteroatoms. The number of para-hydroxylation sites is 1. The van der Waals surface area contributed by atoms with Gasteiger partial charge in [-0.3, -0.25) is 9.69 Å². The Bertz CT molecular complexity index is 697. The average molecular weight is 353 g/mol. The minimum absolute atomic E-state index is 0.0358. The fraction of sp³-hybridized carbons (Fsp3) is 0.381. The molecule has 2 aromatic rings. The number of rotatable bonds is 7. The molecule has 0 aliphatic carbocycles. The normalized spacial score (nSPS) is 15.6. The van der Waals surface area contributed by atoms with Crippen molar-refractivity contribution in [3.63, 3.8) is 0 Å². The largest absolute Gasteiger partial charge is 0.489 e. The molecule has 0 radical (unpaired) electrons. The van der Waals surface area contributed by atoms with Gasteiger partial charge in [0.2, 0.25) is 0 Å². The van der Waals surface area contributed by atoms with Gasteiger partial charge >= 0.3 is 0 Å². The van der Waals surface area contributed by atoms with Crippen molar-refractivity contribution >= 4 is 5.91 Å². The number of carbonyl (C=O) groups is 1. The van der Waals surface area contributed by atoms with Gasteiger partial charge in [-0.1, -0.05) is 36.4 Å². The number of ether oxygens (including phenoxy) is 1. The highest BCUT2D eigenvalue weighted by atomic mass is 16.5. The molecule has 138 valence electrons. The number of amides is 1. The third-order valence-corrected chi connectivity index (χ3v) is 4.71. The fourth-order valence-corrected chi connectivity index (χ4v) is 3.04. The highest BCUT2D eigenvalue weighted by Gasteiger charge is 2.15. The first-order valence-corrected chi connectivity index (χ1v) is 9.17. The Kier molecular flexibility index (Phi) is 6.63. The molecular weight excluding hydrogens is 326 g/mol. The van der Waals surface area contributed by atoms with E-state index in [0.29, 0.717) is 18.7 Å². The van der Waals surface area contributed by atoms with E-state index in [4.69, 9.17) is 4.74 Å². The summed E-state index contributed by atoms with van der Waals surface area (Å²) in [6, 6.07) is 17.3.